The van der Waals surface area contributed by atoms with Gasteiger partial charge in [0.15, 0.2) is 0 Å². The van der Waals surface area contributed by atoms with Crippen LogP contribution in [0.15, 0.2) is 24.5 Å². The zero-order valence-electron chi connectivity index (χ0n) is 15.0. The molecule has 11 heteroatoms. The van der Waals surface area contributed by atoms with Crippen molar-refractivity contribution in [1.29, 1.82) is 0 Å². The summed E-state index contributed by atoms with van der Waals surface area (Å²) in [5.41, 5.74) is -0.935. The molecule has 1 fully saturated rings. The zero-order chi connectivity index (χ0) is 21.6. The number of hydrogen-bond acceptors (Lipinski definition) is 5. The largest absolute Gasteiger partial charge is 0.478 e. The highest BCUT2D eigenvalue weighted by Crippen LogP contribution is 2.29. The van der Waals surface area contributed by atoms with Gasteiger partial charge in [-0.25, -0.2) is 23.5 Å². The number of halogens is 4. The van der Waals surface area contributed by atoms with Gasteiger partial charge in [0.2, 0.25) is 0 Å². The normalized spacial score (nSPS) is 14.7. The number of hydrogen-bond donors (Lipinski definition) is 3. The van der Waals surface area contributed by atoms with Gasteiger partial charge in [-0.15, -0.1) is 0 Å². The van der Waals surface area contributed by atoms with Crippen LogP contribution in [0.4, 0.5) is 8.78 Å². The Balaban J connectivity index is 0.000000234. The third-order valence-corrected chi connectivity index (χ3v) is 4.93. The molecular weight excluding hydrogens is 431 g/mol. The van der Waals surface area contributed by atoms with Crippen molar-refractivity contribution in [1.82, 2.24) is 15.3 Å². The Hall–Kier alpha value is -2.36. The second-order valence-corrected chi connectivity index (χ2v) is 7.10. The van der Waals surface area contributed by atoms with E-state index in [1.54, 1.807) is 0 Å². The molecule has 0 bridgehead atoms. The van der Waals surface area contributed by atoms with E-state index in [0.29, 0.717) is 0 Å². The molecule has 2 heterocycles. The molecule has 0 radical (unpaired) electrons. The van der Waals surface area contributed by atoms with Gasteiger partial charge in [0.25, 0.3) is 5.91 Å². The van der Waals surface area contributed by atoms with E-state index in [1.165, 1.54) is 0 Å². The number of aromatic carboxylic acids is 1. The Kier molecular flexibility index (Phi) is 7.83. The van der Waals surface area contributed by atoms with Crippen LogP contribution in [0.2, 0.25) is 10.3 Å². The third kappa shape index (κ3) is 6.06. The number of nitrogens with one attached hydrogen (secondary N) is 1. The Bertz CT molecular complexity index is 909. The van der Waals surface area contributed by atoms with Gasteiger partial charge in [-0.1, -0.05) is 36.0 Å². The number of carboxylic acid groups (broad SMARTS) is 1. The summed E-state index contributed by atoms with van der Waals surface area (Å²) in [6, 6.07) is 1.86. The maximum absolute atomic E-state index is 13.0. The summed E-state index contributed by atoms with van der Waals surface area (Å²) in [5, 5.41) is 20.3. The maximum Gasteiger partial charge on any atom is 0.338 e. The number of carboxylic acids is 1. The molecule has 1 saturated carbocycles. The summed E-state index contributed by atoms with van der Waals surface area (Å²) in [6.07, 6.45) is 5.16. The second kappa shape index (κ2) is 9.91. The van der Waals surface area contributed by atoms with Crippen molar-refractivity contribution < 1.29 is 28.6 Å². The van der Waals surface area contributed by atoms with E-state index < -0.39 is 29.0 Å². The molecule has 2 aromatic rings. The lowest BCUT2D eigenvalue weighted by Gasteiger charge is -2.28. The molecule has 7 nitrogen and oxygen atoms in total. The standard InChI is InChI=1S/C12H14ClFN2O2.C6H3ClFNO2/c13-10-9(5-8(14)6-15-10)11(18)16-12(7-17)3-1-2-4-12;7-5-4(6(10)11)1-3(8)2-9-5/h5-6,17H,1-4,7H2,(H,16,18);1-2H,(H,10,11). The highest BCUT2D eigenvalue weighted by Gasteiger charge is 2.35. The van der Waals surface area contributed by atoms with Crippen LogP contribution in [-0.4, -0.2) is 44.2 Å². The first-order chi connectivity index (χ1) is 13.7. The molecule has 1 aliphatic rings. The minimum Gasteiger partial charge on any atom is -0.478 e. The smallest absolute Gasteiger partial charge is 0.338 e. The predicted molar refractivity (Wildman–Crippen MR) is 101 cm³/mol. The average Bonchev–Trinajstić information content (AvgIpc) is 3.15. The van der Waals surface area contributed by atoms with Crippen molar-refractivity contribution in [2.45, 2.75) is 31.2 Å². The third-order valence-electron chi connectivity index (χ3n) is 4.33. The Morgan fingerprint density at radius 2 is 1.52 bits per heavy atom. The molecule has 2 aromatic heterocycles. The first-order valence-corrected chi connectivity index (χ1v) is 9.22. The first kappa shape index (κ1) is 22.9. The van der Waals surface area contributed by atoms with Crippen molar-refractivity contribution >= 4 is 35.1 Å². The fraction of sp³-hybridized carbons (Fsp3) is 0.333. The van der Waals surface area contributed by atoms with E-state index in [9.17, 15) is 23.5 Å². The summed E-state index contributed by atoms with van der Waals surface area (Å²) in [4.78, 5) is 29.2. The maximum atomic E-state index is 13.0. The molecule has 0 saturated heterocycles. The molecule has 3 N–H and O–H groups in total. The lowest BCUT2D eigenvalue weighted by atomic mass is 9.98. The number of aliphatic hydroxyl groups is 1. The fourth-order valence-corrected chi connectivity index (χ4v) is 3.21. The van der Waals surface area contributed by atoms with Crippen LogP contribution in [-0.2, 0) is 0 Å². The molecule has 1 amide bonds. The van der Waals surface area contributed by atoms with Gasteiger partial charge in [0, 0.05) is 0 Å². The van der Waals surface area contributed by atoms with Gasteiger partial charge in [-0.05, 0) is 25.0 Å². The highest BCUT2D eigenvalue weighted by molar-refractivity contribution is 6.32. The number of amides is 1. The summed E-state index contributed by atoms with van der Waals surface area (Å²) < 4.78 is 25.4. The lowest BCUT2D eigenvalue weighted by Crippen LogP contribution is -2.49. The number of rotatable bonds is 4. The quantitative estimate of drug-likeness (QED) is 0.618. The van der Waals surface area contributed by atoms with Gasteiger partial charge in [0.1, 0.15) is 21.9 Å². The monoisotopic (exact) mass is 447 g/mol. The molecule has 0 unspecified atom stereocenters. The molecule has 0 atom stereocenters. The highest BCUT2D eigenvalue weighted by atomic mass is 35.5. The van der Waals surface area contributed by atoms with Crippen molar-refractivity contribution in [3.8, 4) is 0 Å². The minimum atomic E-state index is -1.29. The number of carbonyl (C=O) groups is 2. The Morgan fingerprint density at radius 3 is 1.97 bits per heavy atom. The minimum absolute atomic E-state index is 0.00334. The molecule has 0 spiro atoms. The van der Waals surface area contributed by atoms with Gasteiger partial charge >= 0.3 is 5.97 Å². The second-order valence-electron chi connectivity index (χ2n) is 6.39. The molecular formula is C18H17Cl2F2N3O4. The Morgan fingerprint density at radius 1 is 1.03 bits per heavy atom. The zero-order valence-corrected chi connectivity index (χ0v) is 16.5. The lowest BCUT2D eigenvalue weighted by molar-refractivity contribution is 0.0695. The summed E-state index contributed by atoms with van der Waals surface area (Å²) in [5.74, 6) is -3.12. The van der Waals surface area contributed by atoms with Crippen molar-refractivity contribution in [3.63, 3.8) is 0 Å². The fourth-order valence-electron chi connectivity index (χ4n) is 2.84. The molecule has 1 aliphatic carbocycles. The van der Waals surface area contributed by atoms with Crippen LogP contribution in [0.1, 0.15) is 46.4 Å². The number of nitrogens with zero attached hydrogens (tertiary/aromatic N) is 2. The topological polar surface area (TPSA) is 112 Å². The number of aliphatic hydroxyl groups excluding tert-OH is 1. The van der Waals surface area contributed by atoms with E-state index in [1.807, 2.05) is 0 Å². The summed E-state index contributed by atoms with van der Waals surface area (Å²) >= 11 is 11.1. The van der Waals surface area contributed by atoms with E-state index in [-0.39, 0.29) is 28.0 Å². The van der Waals surface area contributed by atoms with Crippen LogP contribution in [0.5, 0.6) is 0 Å². The van der Waals surface area contributed by atoms with E-state index >= 15 is 0 Å². The van der Waals surface area contributed by atoms with E-state index in [0.717, 1.165) is 50.2 Å². The van der Waals surface area contributed by atoms with Crippen LogP contribution in [0, 0.1) is 11.6 Å². The van der Waals surface area contributed by atoms with Crippen LogP contribution < -0.4 is 5.32 Å². The molecule has 29 heavy (non-hydrogen) atoms. The molecule has 156 valence electrons. The van der Waals surface area contributed by atoms with Gasteiger partial charge in [0.05, 0.1) is 35.7 Å². The Labute approximate surface area is 174 Å². The van der Waals surface area contributed by atoms with Gasteiger partial charge < -0.3 is 15.5 Å². The summed E-state index contributed by atoms with van der Waals surface area (Å²) in [6.45, 7) is -0.126. The van der Waals surface area contributed by atoms with Crippen LogP contribution >= 0.6 is 23.2 Å². The van der Waals surface area contributed by atoms with Crippen molar-refractivity contribution in [2.75, 3.05) is 6.61 Å². The average molecular weight is 448 g/mol. The van der Waals surface area contributed by atoms with E-state index in [2.05, 4.69) is 15.3 Å². The first-order valence-electron chi connectivity index (χ1n) is 8.46. The number of aromatic nitrogens is 2. The predicted octanol–water partition coefficient (Wildman–Crippen LogP) is 3.48. The van der Waals surface area contributed by atoms with Gasteiger partial charge in [-0.2, -0.15) is 0 Å². The molecule has 3 rings (SSSR count). The summed E-state index contributed by atoms with van der Waals surface area (Å²) in [7, 11) is 0. The van der Waals surface area contributed by atoms with Crippen LogP contribution in [0.3, 0.4) is 0 Å². The van der Waals surface area contributed by atoms with Crippen LogP contribution in [0.25, 0.3) is 0 Å². The molecule has 0 aliphatic heterocycles. The van der Waals surface area contributed by atoms with Crippen molar-refractivity contribution in [3.05, 3.63) is 57.6 Å². The van der Waals surface area contributed by atoms with Gasteiger partial charge in [-0.3, -0.25) is 4.79 Å². The van der Waals surface area contributed by atoms with Crippen molar-refractivity contribution in [2.24, 2.45) is 0 Å². The SMILES string of the molecule is O=C(NC1(CO)CCCC1)c1cc(F)cnc1Cl.O=C(O)c1cc(F)cnc1Cl. The number of carbonyl (C=O) groups excluding carboxylic acids is 1. The molecule has 0 aromatic carbocycles. The number of pyridine rings is 2. The van der Waals surface area contributed by atoms with E-state index in [4.69, 9.17) is 28.3 Å².